The van der Waals surface area contributed by atoms with E-state index in [9.17, 15) is 18.0 Å². The summed E-state index contributed by atoms with van der Waals surface area (Å²) in [6, 6.07) is 5.68. The van der Waals surface area contributed by atoms with Gasteiger partial charge in [0.1, 0.15) is 0 Å². The van der Waals surface area contributed by atoms with E-state index in [2.05, 4.69) is 0 Å². The largest absolute Gasteiger partial charge is 0.452 e. The lowest BCUT2D eigenvalue weighted by Gasteiger charge is -2.35. The van der Waals surface area contributed by atoms with Gasteiger partial charge in [0.15, 0.2) is 6.61 Å². The lowest BCUT2D eigenvalue weighted by molar-refractivity contribution is -0.146. The van der Waals surface area contributed by atoms with Crippen molar-refractivity contribution in [3.05, 3.63) is 29.8 Å². The zero-order valence-electron chi connectivity index (χ0n) is 18.3. The first-order chi connectivity index (χ1) is 14.6. The first-order valence-electron chi connectivity index (χ1n) is 10.4. The van der Waals surface area contributed by atoms with Crippen LogP contribution in [0.5, 0.6) is 0 Å². The Morgan fingerprint density at radius 3 is 2.10 bits per heavy atom. The average molecular weight is 455 g/mol. The molecule has 0 spiro atoms. The van der Waals surface area contributed by atoms with E-state index in [4.69, 9.17) is 14.2 Å². The molecule has 0 bridgehead atoms. The topological polar surface area (TPSA) is 102 Å². The van der Waals surface area contributed by atoms with E-state index in [0.29, 0.717) is 13.1 Å². The standard InChI is InChI=1S/C21H30N2O7S/c1-14-9-22(10-15(2)29-14)20(24)13-28-21(25)18-6-5-7-19(8-18)31(26,27)23-11-16(3)30-17(4)12-23/h5-8,14-17H,9-13H2,1-4H3. The second-order valence-corrected chi connectivity index (χ2v) is 10.2. The van der Waals surface area contributed by atoms with Crippen LogP contribution in [-0.4, -0.2) is 86.7 Å². The van der Waals surface area contributed by atoms with E-state index >= 15 is 0 Å². The van der Waals surface area contributed by atoms with E-state index in [-0.39, 0.29) is 53.9 Å². The number of hydrogen-bond acceptors (Lipinski definition) is 7. The molecule has 10 heteroatoms. The van der Waals surface area contributed by atoms with Crippen molar-refractivity contribution >= 4 is 21.9 Å². The maximum Gasteiger partial charge on any atom is 0.338 e. The van der Waals surface area contributed by atoms with Gasteiger partial charge in [0.25, 0.3) is 5.91 Å². The third-order valence-corrected chi connectivity index (χ3v) is 7.02. The van der Waals surface area contributed by atoms with Crippen LogP contribution < -0.4 is 0 Å². The molecular weight excluding hydrogens is 424 g/mol. The Morgan fingerprint density at radius 2 is 1.52 bits per heavy atom. The summed E-state index contributed by atoms with van der Waals surface area (Å²) in [5.74, 6) is -1.06. The Hall–Kier alpha value is -2.01. The summed E-state index contributed by atoms with van der Waals surface area (Å²) in [4.78, 5) is 26.5. The Labute approximate surface area is 183 Å². The van der Waals surface area contributed by atoms with Gasteiger partial charge < -0.3 is 19.1 Å². The van der Waals surface area contributed by atoms with Crippen molar-refractivity contribution in [1.29, 1.82) is 0 Å². The number of morpholine rings is 2. The molecule has 2 aliphatic heterocycles. The zero-order valence-corrected chi connectivity index (χ0v) is 19.1. The predicted octanol–water partition coefficient (Wildman–Crippen LogP) is 1.28. The van der Waals surface area contributed by atoms with Gasteiger partial charge in [-0.15, -0.1) is 0 Å². The van der Waals surface area contributed by atoms with Gasteiger partial charge in [-0.25, -0.2) is 13.2 Å². The molecule has 1 aromatic carbocycles. The molecule has 1 aromatic rings. The molecule has 3 rings (SSSR count). The van der Waals surface area contributed by atoms with Crippen molar-refractivity contribution in [2.24, 2.45) is 0 Å². The van der Waals surface area contributed by atoms with Gasteiger partial charge in [-0.2, -0.15) is 4.31 Å². The van der Waals surface area contributed by atoms with Gasteiger partial charge in [0.05, 0.1) is 34.9 Å². The van der Waals surface area contributed by atoms with Crippen LogP contribution in [0.15, 0.2) is 29.2 Å². The molecule has 1 amide bonds. The molecule has 0 radical (unpaired) electrons. The first kappa shape index (κ1) is 23.6. The fraction of sp³-hybridized carbons (Fsp3) is 0.619. The van der Waals surface area contributed by atoms with Crippen LogP contribution in [0.2, 0.25) is 0 Å². The highest BCUT2D eigenvalue weighted by molar-refractivity contribution is 7.89. The molecule has 2 saturated heterocycles. The van der Waals surface area contributed by atoms with Crippen molar-refractivity contribution < 1.29 is 32.2 Å². The van der Waals surface area contributed by atoms with Crippen LogP contribution in [-0.2, 0) is 29.0 Å². The molecule has 2 fully saturated rings. The Balaban J connectivity index is 1.65. The predicted molar refractivity (Wildman–Crippen MR) is 112 cm³/mol. The minimum atomic E-state index is -3.79. The Bertz CT molecular complexity index is 900. The summed E-state index contributed by atoms with van der Waals surface area (Å²) in [5.41, 5.74) is 0.0759. The number of rotatable bonds is 5. The lowest BCUT2D eigenvalue weighted by Crippen LogP contribution is -2.49. The SMILES string of the molecule is CC1CN(C(=O)COC(=O)c2cccc(S(=O)(=O)N3CC(C)OC(C)C3)c2)CC(C)O1. The minimum absolute atomic E-state index is 0.00500. The van der Waals surface area contributed by atoms with Crippen LogP contribution in [0.1, 0.15) is 38.1 Å². The van der Waals surface area contributed by atoms with Crippen molar-refractivity contribution in [3.63, 3.8) is 0 Å². The monoisotopic (exact) mass is 454 g/mol. The molecule has 0 saturated carbocycles. The number of nitrogens with zero attached hydrogens (tertiary/aromatic N) is 2. The summed E-state index contributed by atoms with van der Waals surface area (Å²) in [7, 11) is -3.79. The summed E-state index contributed by atoms with van der Waals surface area (Å²) in [6.07, 6.45) is -0.613. The average Bonchev–Trinajstić information content (AvgIpc) is 2.70. The molecule has 9 nitrogen and oxygen atoms in total. The summed E-state index contributed by atoms with van der Waals surface area (Å²) < 4.78 is 43.8. The van der Waals surface area contributed by atoms with Gasteiger partial charge in [0, 0.05) is 26.2 Å². The quantitative estimate of drug-likeness (QED) is 0.618. The molecular formula is C21H30N2O7S. The number of carbonyl (C=O) groups is 2. The molecule has 0 aliphatic carbocycles. The number of sulfonamides is 1. The van der Waals surface area contributed by atoms with E-state index in [1.165, 1.54) is 28.6 Å². The molecule has 4 atom stereocenters. The van der Waals surface area contributed by atoms with Crippen LogP contribution in [0.25, 0.3) is 0 Å². The van der Waals surface area contributed by atoms with Gasteiger partial charge in [-0.1, -0.05) is 6.07 Å². The number of hydrogen-bond donors (Lipinski definition) is 0. The van der Waals surface area contributed by atoms with E-state index in [1.807, 2.05) is 27.7 Å². The van der Waals surface area contributed by atoms with E-state index < -0.39 is 22.6 Å². The highest BCUT2D eigenvalue weighted by Crippen LogP contribution is 2.22. The zero-order chi connectivity index (χ0) is 22.8. The molecule has 0 N–H and O–H groups in total. The number of ether oxygens (including phenoxy) is 3. The number of esters is 1. The molecule has 2 aliphatic rings. The third-order valence-electron chi connectivity index (χ3n) is 5.19. The molecule has 31 heavy (non-hydrogen) atoms. The third kappa shape index (κ3) is 5.82. The van der Waals surface area contributed by atoms with Crippen molar-refractivity contribution in [2.75, 3.05) is 32.8 Å². The fourth-order valence-electron chi connectivity index (χ4n) is 3.94. The van der Waals surface area contributed by atoms with Crippen molar-refractivity contribution in [2.45, 2.75) is 57.0 Å². The molecule has 172 valence electrons. The highest BCUT2D eigenvalue weighted by atomic mass is 32.2. The summed E-state index contributed by atoms with van der Waals surface area (Å²) in [6.45, 7) is 8.34. The maximum atomic E-state index is 13.0. The number of benzene rings is 1. The molecule has 0 aromatic heterocycles. The second kappa shape index (κ2) is 9.64. The van der Waals surface area contributed by atoms with Crippen molar-refractivity contribution in [1.82, 2.24) is 9.21 Å². The van der Waals surface area contributed by atoms with Crippen LogP contribution in [0.4, 0.5) is 0 Å². The van der Waals surface area contributed by atoms with Gasteiger partial charge in [-0.3, -0.25) is 4.79 Å². The lowest BCUT2D eigenvalue weighted by atomic mass is 10.2. The highest BCUT2D eigenvalue weighted by Gasteiger charge is 2.33. The number of amides is 1. The van der Waals surface area contributed by atoms with E-state index in [0.717, 1.165) is 0 Å². The maximum absolute atomic E-state index is 13.0. The Kier molecular flexibility index (Phi) is 7.35. The van der Waals surface area contributed by atoms with Crippen LogP contribution >= 0.6 is 0 Å². The van der Waals surface area contributed by atoms with Gasteiger partial charge >= 0.3 is 5.97 Å². The van der Waals surface area contributed by atoms with Crippen LogP contribution in [0, 0.1) is 0 Å². The molecule has 2 heterocycles. The second-order valence-electron chi connectivity index (χ2n) is 8.24. The smallest absolute Gasteiger partial charge is 0.338 e. The molecule has 4 unspecified atom stereocenters. The number of carbonyl (C=O) groups excluding carboxylic acids is 2. The normalized spacial score (nSPS) is 27.7. The van der Waals surface area contributed by atoms with Crippen molar-refractivity contribution in [3.8, 4) is 0 Å². The minimum Gasteiger partial charge on any atom is -0.452 e. The first-order valence-corrected chi connectivity index (χ1v) is 11.9. The summed E-state index contributed by atoms with van der Waals surface area (Å²) in [5, 5.41) is 0. The van der Waals surface area contributed by atoms with E-state index in [1.54, 1.807) is 4.90 Å². The summed E-state index contributed by atoms with van der Waals surface area (Å²) >= 11 is 0. The van der Waals surface area contributed by atoms with Crippen LogP contribution in [0.3, 0.4) is 0 Å². The van der Waals surface area contributed by atoms with Gasteiger partial charge in [-0.05, 0) is 45.9 Å². The Morgan fingerprint density at radius 1 is 0.968 bits per heavy atom. The fourth-order valence-corrected chi connectivity index (χ4v) is 5.58. The van der Waals surface area contributed by atoms with Gasteiger partial charge in [0.2, 0.25) is 10.0 Å².